The van der Waals surface area contributed by atoms with Crippen molar-refractivity contribution in [2.75, 3.05) is 45.4 Å². The van der Waals surface area contributed by atoms with Gasteiger partial charge in [-0.15, -0.1) is 0 Å². The first-order valence-corrected chi connectivity index (χ1v) is 10.2. The number of morpholine rings is 1. The van der Waals surface area contributed by atoms with E-state index in [1.54, 1.807) is 13.0 Å². The van der Waals surface area contributed by atoms with Crippen molar-refractivity contribution in [2.24, 2.45) is 0 Å². The molecule has 0 bridgehead atoms. The molecule has 32 heavy (non-hydrogen) atoms. The number of anilines is 1. The lowest BCUT2D eigenvalue weighted by Crippen LogP contribution is -2.42. The third-order valence-electron chi connectivity index (χ3n) is 5.05. The van der Waals surface area contributed by atoms with E-state index in [1.165, 1.54) is 26.4 Å². The van der Waals surface area contributed by atoms with E-state index in [-0.39, 0.29) is 24.0 Å². The van der Waals surface area contributed by atoms with Crippen molar-refractivity contribution < 1.29 is 23.8 Å². The molecule has 0 unspecified atom stereocenters. The Balaban J connectivity index is 1.56. The number of hydrazine groups is 1. The van der Waals surface area contributed by atoms with Crippen molar-refractivity contribution in [3.63, 3.8) is 0 Å². The number of carbonyl (C=O) groups is 2. The predicted molar refractivity (Wildman–Crippen MR) is 116 cm³/mol. The van der Waals surface area contributed by atoms with Gasteiger partial charge in [0, 0.05) is 42.4 Å². The molecule has 1 saturated heterocycles. The molecule has 2 amide bonds. The topological polar surface area (TPSA) is 135 Å². The maximum Gasteiger partial charge on any atom is 0.269 e. The van der Waals surface area contributed by atoms with Gasteiger partial charge in [-0.3, -0.25) is 30.2 Å². The van der Waals surface area contributed by atoms with Gasteiger partial charge in [-0.05, 0) is 25.5 Å². The first-order chi connectivity index (χ1) is 15.4. The summed E-state index contributed by atoms with van der Waals surface area (Å²) < 4.78 is 15.6. The number of aromatic nitrogens is 2. The van der Waals surface area contributed by atoms with Gasteiger partial charge >= 0.3 is 0 Å². The zero-order valence-corrected chi connectivity index (χ0v) is 18.3. The fraction of sp³-hybridized carbons (Fsp3) is 0.429. The molecule has 0 spiro atoms. The summed E-state index contributed by atoms with van der Waals surface area (Å²) in [6.07, 6.45) is 0.191. The van der Waals surface area contributed by atoms with Crippen LogP contribution in [0.4, 0.5) is 5.95 Å². The number of hydrogen-bond donors (Lipinski definition) is 3. The summed E-state index contributed by atoms with van der Waals surface area (Å²) in [6, 6.07) is 4.68. The Kier molecular flexibility index (Phi) is 7.66. The van der Waals surface area contributed by atoms with Crippen LogP contribution in [-0.2, 0) is 16.0 Å². The van der Waals surface area contributed by atoms with Gasteiger partial charge < -0.3 is 19.1 Å². The van der Waals surface area contributed by atoms with Gasteiger partial charge in [0.25, 0.3) is 11.5 Å². The van der Waals surface area contributed by atoms with E-state index in [0.717, 1.165) is 0 Å². The Morgan fingerprint density at radius 2 is 1.78 bits per heavy atom. The molecule has 0 aliphatic carbocycles. The van der Waals surface area contributed by atoms with Crippen LogP contribution < -0.4 is 30.8 Å². The quantitative estimate of drug-likeness (QED) is 0.519. The third-order valence-corrected chi connectivity index (χ3v) is 5.05. The van der Waals surface area contributed by atoms with E-state index >= 15 is 0 Å². The number of benzene rings is 1. The number of ether oxygens (including phenoxy) is 3. The summed E-state index contributed by atoms with van der Waals surface area (Å²) >= 11 is 0. The minimum absolute atomic E-state index is 0.00418. The van der Waals surface area contributed by atoms with Crippen LogP contribution in [-0.4, -0.2) is 62.3 Å². The molecule has 3 N–H and O–H groups in total. The molecule has 0 saturated carbocycles. The van der Waals surface area contributed by atoms with Gasteiger partial charge in [-0.25, -0.2) is 4.98 Å². The SMILES string of the molecule is COc1cc(OC)cc(C(=O)NNC(=O)CCc2c(C)nc(N3CCOCC3)[nH]c2=O)c1. The molecule has 1 aromatic carbocycles. The zero-order chi connectivity index (χ0) is 23.1. The number of rotatable bonds is 7. The Hall–Kier alpha value is -3.60. The van der Waals surface area contributed by atoms with Crippen LogP contribution >= 0.6 is 0 Å². The van der Waals surface area contributed by atoms with Crippen molar-refractivity contribution in [3.8, 4) is 11.5 Å². The average molecular weight is 445 g/mol. The van der Waals surface area contributed by atoms with E-state index in [1.807, 2.05) is 4.90 Å². The van der Waals surface area contributed by atoms with E-state index in [2.05, 4.69) is 20.8 Å². The van der Waals surface area contributed by atoms with Gasteiger partial charge in [0.1, 0.15) is 11.5 Å². The summed E-state index contributed by atoms with van der Waals surface area (Å²) in [6.45, 7) is 4.22. The van der Waals surface area contributed by atoms with Crippen molar-refractivity contribution >= 4 is 17.8 Å². The van der Waals surface area contributed by atoms with E-state index in [0.29, 0.717) is 55.0 Å². The Bertz CT molecular complexity index is 1010. The molecular formula is C21H27N5O6. The lowest BCUT2D eigenvalue weighted by Gasteiger charge is -2.27. The molecule has 2 aromatic rings. The Morgan fingerprint density at radius 3 is 2.38 bits per heavy atom. The first kappa shape index (κ1) is 23.1. The second-order valence-corrected chi connectivity index (χ2v) is 7.16. The molecule has 2 heterocycles. The van der Waals surface area contributed by atoms with Crippen LogP contribution in [0.25, 0.3) is 0 Å². The predicted octanol–water partition coefficient (Wildman–Crippen LogP) is 0.326. The Morgan fingerprint density at radius 1 is 1.12 bits per heavy atom. The van der Waals surface area contributed by atoms with Crippen molar-refractivity contribution in [2.45, 2.75) is 19.8 Å². The van der Waals surface area contributed by atoms with Gasteiger partial charge in [0.05, 0.1) is 27.4 Å². The number of amides is 2. The fourth-order valence-electron chi connectivity index (χ4n) is 3.25. The standard InChI is InChI=1S/C21H27N5O6/c1-13-17(20(29)23-21(22-13)26-6-8-32-9-7-26)4-5-18(27)24-25-19(28)14-10-15(30-2)12-16(11-14)31-3/h10-12H,4-9H2,1-3H3,(H,24,27)(H,25,28)(H,22,23,29). The van der Waals surface area contributed by atoms with Crippen molar-refractivity contribution in [1.29, 1.82) is 0 Å². The summed E-state index contributed by atoms with van der Waals surface area (Å²) in [5.74, 6) is 0.433. The fourth-order valence-corrected chi connectivity index (χ4v) is 3.25. The van der Waals surface area contributed by atoms with Gasteiger partial charge in [-0.1, -0.05) is 0 Å². The average Bonchev–Trinajstić information content (AvgIpc) is 2.81. The molecule has 1 fully saturated rings. The lowest BCUT2D eigenvalue weighted by atomic mass is 10.1. The first-order valence-electron chi connectivity index (χ1n) is 10.2. The maximum absolute atomic E-state index is 12.5. The highest BCUT2D eigenvalue weighted by Crippen LogP contribution is 2.22. The smallest absolute Gasteiger partial charge is 0.269 e. The van der Waals surface area contributed by atoms with Crippen LogP contribution in [0.2, 0.25) is 0 Å². The number of H-pyrrole nitrogens is 1. The highest BCUT2D eigenvalue weighted by atomic mass is 16.5. The number of carbonyl (C=O) groups excluding carboxylic acids is 2. The molecule has 172 valence electrons. The van der Waals surface area contributed by atoms with E-state index in [9.17, 15) is 14.4 Å². The summed E-state index contributed by atoms with van der Waals surface area (Å²) in [4.78, 5) is 46.3. The number of aromatic amines is 1. The summed E-state index contributed by atoms with van der Waals surface area (Å²) in [5.41, 5.74) is 5.68. The van der Waals surface area contributed by atoms with Crippen LogP contribution in [0.5, 0.6) is 11.5 Å². The lowest BCUT2D eigenvalue weighted by molar-refractivity contribution is -0.121. The molecule has 11 heteroatoms. The maximum atomic E-state index is 12.5. The number of methoxy groups -OCH3 is 2. The molecule has 0 radical (unpaired) electrons. The summed E-state index contributed by atoms with van der Waals surface area (Å²) in [5, 5.41) is 0. The van der Waals surface area contributed by atoms with Crippen LogP contribution in [0.3, 0.4) is 0 Å². The van der Waals surface area contributed by atoms with E-state index < -0.39 is 11.8 Å². The third kappa shape index (κ3) is 5.76. The van der Waals surface area contributed by atoms with Gasteiger partial charge in [0.2, 0.25) is 11.9 Å². The minimum Gasteiger partial charge on any atom is -0.497 e. The second-order valence-electron chi connectivity index (χ2n) is 7.16. The number of hydrogen-bond acceptors (Lipinski definition) is 8. The van der Waals surface area contributed by atoms with E-state index in [4.69, 9.17) is 14.2 Å². The zero-order valence-electron chi connectivity index (χ0n) is 18.3. The van der Waals surface area contributed by atoms with Gasteiger partial charge in [0.15, 0.2) is 0 Å². The number of aryl methyl sites for hydroxylation is 1. The van der Waals surface area contributed by atoms with Crippen molar-refractivity contribution in [1.82, 2.24) is 20.8 Å². The van der Waals surface area contributed by atoms with Crippen molar-refractivity contribution in [3.05, 3.63) is 45.4 Å². The number of nitrogens with one attached hydrogen (secondary N) is 3. The minimum atomic E-state index is -0.527. The highest BCUT2D eigenvalue weighted by Gasteiger charge is 2.17. The van der Waals surface area contributed by atoms with Crippen LogP contribution in [0.1, 0.15) is 28.0 Å². The summed E-state index contributed by atoms with van der Waals surface area (Å²) in [7, 11) is 2.95. The van der Waals surface area contributed by atoms with Crippen LogP contribution in [0.15, 0.2) is 23.0 Å². The number of nitrogens with zero attached hydrogens (tertiary/aromatic N) is 2. The van der Waals surface area contributed by atoms with Gasteiger partial charge in [-0.2, -0.15) is 0 Å². The van der Waals surface area contributed by atoms with Crippen LogP contribution in [0, 0.1) is 6.92 Å². The normalized spacial score (nSPS) is 13.4. The Labute approximate surface area is 185 Å². The molecule has 0 atom stereocenters. The molecule has 3 rings (SSSR count). The molecule has 1 aliphatic rings. The second kappa shape index (κ2) is 10.6. The monoisotopic (exact) mass is 445 g/mol. The molecule has 1 aliphatic heterocycles. The molecule has 11 nitrogen and oxygen atoms in total. The largest absolute Gasteiger partial charge is 0.497 e. The molecular weight excluding hydrogens is 418 g/mol. The highest BCUT2D eigenvalue weighted by molar-refractivity contribution is 5.96. The molecule has 1 aromatic heterocycles.